The molecule has 0 aliphatic heterocycles. The molecule has 1 unspecified atom stereocenters. The molecule has 2 aromatic carbocycles. The maximum Gasteiger partial charge on any atom is 0.287 e. The molecule has 0 fully saturated rings. The van der Waals surface area contributed by atoms with Crippen molar-refractivity contribution in [1.29, 1.82) is 0 Å². The first-order chi connectivity index (χ1) is 13.8. The monoisotopic (exact) mass is 412 g/mol. The van der Waals surface area contributed by atoms with Crippen LogP contribution in [0.3, 0.4) is 0 Å². The summed E-state index contributed by atoms with van der Waals surface area (Å²) in [6.07, 6.45) is 0. The van der Waals surface area contributed by atoms with Gasteiger partial charge in [-0.2, -0.15) is 4.31 Å². The lowest BCUT2D eigenvalue weighted by molar-refractivity contribution is 0.0909. The minimum Gasteiger partial charge on any atom is -0.455 e. The van der Waals surface area contributed by atoms with E-state index in [9.17, 15) is 13.2 Å². The lowest BCUT2D eigenvalue weighted by Crippen LogP contribution is -2.27. The number of sulfonamides is 1. The van der Waals surface area contributed by atoms with Crippen LogP contribution in [-0.2, 0) is 16.6 Å². The Morgan fingerprint density at radius 2 is 1.69 bits per heavy atom. The first-order valence-electron chi connectivity index (χ1n) is 9.25. The van der Waals surface area contributed by atoms with Gasteiger partial charge in [0.05, 0.1) is 17.5 Å². The number of carbonyl (C=O) groups is 1. The van der Waals surface area contributed by atoms with Gasteiger partial charge in [-0.15, -0.1) is 0 Å². The van der Waals surface area contributed by atoms with E-state index < -0.39 is 10.0 Å². The predicted molar refractivity (Wildman–Crippen MR) is 111 cm³/mol. The van der Waals surface area contributed by atoms with Gasteiger partial charge in [0.1, 0.15) is 5.76 Å². The minimum absolute atomic E-state index is 0.0255. The molecule has 1 heterocycles. The van der Waals surface area contributed by atoms with Crippen LogP contribution in [0, 0.1) is 6.92 Å². The Balaban J connectivity index is 1.66. The van der Waals surface area contributed by atoms with Crippen molar-refractivity contribution in [3.8, 4) is 0 Å². The average molecular weight is 413 g/mol. The standard InChI is InChI=1S/C22H24N2O4S/c1-16-9-12-20(13-10-16)29(26,27)24(3)15-19-11-14-21(28-19)22(25)23-17(2)18-7-5-4-6-8-18/h4-14,17H,15H2,1-3H3,(H,23,25). The van der Waals surface area contributed by atoms with Gasteiger partial charge in [0.2, 0.25) is 10.0 Å². The summed E-state index contributed by atoms with van der Waals surface area (Å²) in [5.41, 5.74) is 1.97. The fourth-order valence-corrected chi connectivity index (χ4v) is 4.01. The molecule has 0 spiro atoms. The van der Waals surface area contributed by atoms with E-state index in [4.69, 9.17) is 4.42 Å². The van der Waals surface area contributed by atoms with Crippen molar-refractivity contribution in [3.05, 3.63) is 89.4 Å². The summed E-state index contributed by atoms with van der Waals surface area (Å²) in [6.45, 7) is 3.81. The third kappa shape index (κ3) is 4.93. The Kier molecular flexibility index (Phi) is 6.20. The van der Waals surface area contributed by atoms with Crippen LogP contribution < -0.4 is 5.32 Å². The Labute approximate surface area is 171 Å². The number of nitrogens with one attached hydrogen (secondary N) is 1. The van der Waals surface area contributed by atoms with Gasteiger partial charge in [0, 0.05) is 7.05 Å². The van der Waals surface area contributed by atoms with Crippen molar-refractivity contribution < 1.29 is 17.6 Å². The normalized spacial score (nSPS) is 12.7. The van der Waals surface area contributed by atoms with Crippen molar-refractivity contribution >= 4 is 15.9 Å². The van der Waals surface area contributed by atoms with E-state index >= 15 is 0 Å². The van der Waals surface area contributed by atoms with E-state index in [-0.39, 0.29) is 29.1 Å². The molecule has 1 aromatic heterocycles. The molecule has 152 valence electrons. The third-order valence-electron chi connectivity index (χ3n) is 4.64. The van der Waals surface area contributed by atoms with E-state index in [1.807, 2.05) is 44.2 Å². The van der Waals surface area contributed by atoms with E-state index in [2.05, 4.69) is 5.32 Å². The van der Waals surface area contributed by atoms with E-state index in [0.717, 1.165) is 11.1 Å². The van der Waals surface area contributed by atoms with Crippen molar-refractivity contribution in [1.82, 2.24) is 9.62 Å². The SMILES string of the molecule is Cc1ccc(S(=O)(=O)N(C)Cc2ccc(C(=O)NC(C)c3ccccc3)o2)cc1. The largest absolute Gasteiger partial charge is 0.455 e. The Morgan fingerprint density at radius 3 is 2.34 bits per heavy atom. The number of hydrogen-bond donors (Lipinski definition) is 1. The second-order valence-electron chi connectivity index (χ2n) is 6.95. The van der Waals surface area contributed by atoms with Crippen molar-refractivity contribution in [2.24, 2.45) is 0 Å². The zero-order valence-electron chi connectivity index (χ0n) is 16.6. The molecular formula is C22H24N2O4S. The van der Waals surface area contributed by atoms with Gasteiger partial charge in [-0.25, -0.2) is 8.42 Å². The van der Waals surface area contributed by atoms with Gasteiger partial charge in [-0.1, -0.05) is 48.0 Å². The number of nitrogens with zero attached hydrogens (tertiary/aromatic N) is 1. The number of amides is 1. The molecule has 0 aliphatic carbocycles. The fourth-order valence-electron chi connectivity index (χ4n) is 2.87. The molecule has 3 rings (SSSR count). The number of aryl methyl sites for hydroxylation is 1. The molecule has 7 heteroatoms. The van der Waals surface area contributed by atoms with Gasteiger partial charge >= 0.3 is 0 Å². The second-order valence-corrected chi connectivity index (χ2v) is 8.99. The second kappa shape index (κ2) is 8.63. The zero-order valence-corrected chi connectivity index (χ0v) is 17.4. The van der Waals surface area contributed by atoms with Crippen LogP contribution in [0.25, 0.3) is 0 Å². The maximum atomic E-state index is 12.7. The van der Waals surface area contributed by atoms with Gasteiger partial charge < -0.3 is 9.73 Å². The minimum atomic E-state index is -3.65. The van der Waals surface area contributed by atoms with E-state index in [1.54, 1.807) is 36.4 Å². The lowest BCUT2D eigenvalue weighted by atomic mass is 10.1. The van der Waals surface area contributed by atoms with Crippen LogP contribution >= 0.6 is 0 Å². The number of hydrogen-bond acceptors (Lipinski definition) is 4. The highest BCUT2D eigenvalue weighted by Crippen LogP contribution is 2.19. The van der Waals surface area contributed by atoms with E-state index in [1.165, 1.54) is 11.4 Å². The van der Waals surface area contributed by atoms with Crippen LogP contribution in [-0.4, -0.2) is 25.7 Å². The molecule has 1 amide bonds. The summed E-state index contributed by atoms with van der Waals surface area (Å²) < 4.78 is 32.2. The van der Waals surface area contributed by atoms with Gasteiger partial charge in [-0.05, 0) is 43.7 Å². The lowest BCUT2D eigenvalue weighted by Gasteiger charge is -2.16. The molecular weight excluding hydrogens is 388 g/mol. The van der Waals surface area contributed by atoms with E-state index in [0.29, 0.717) is 5.76 Å². The topological polar surface area (TPSA) is 79.6 Å². The van der Waals surface area contributed by atoms with Crippen LogP contribution in [0.15, 0.2) is 76.0 Å². The van der Waals surface area contributed by atoms with Crippen LogP contribution in [0.1, 0.15) is 40.4 Å². The maximum absolute atomic E-state index is 12.7. The number of rotatable bonds is 7. The highest BCUT2D eigenvalue weighted by molar-refractivity contribution is 7.89. The fraction of sp³-hybridized carbons (Fsp3) is 0.227. The number of furan rings is 1. The summed E-state index contributed by atoms with van der Waals surface area (Å²) in [5, 5.41) is 2.88. The third-order valence-corrected chi connectivity index (χ3v) is 6.46. The quantitative estimate of drug-likeness (QED) is 0.638. The molecule has 1 N–H and O–H groups in total. The summed E-state index contributed by atoms with van der Waals surface area (Å²) in [6, 6.07) is 19.2. The number of benzene rings is 2. The molecule has 1 atom stereocenters. The smallest absolute Gasteiger partial charge is 0.287 e. The Morgan fingerprint density at radius 1 is 1.03 bits per heavy atom. The Hall–Kier alpha value is -2.90. The highest BCUT2D eigenvalue weighted by Gasteiger charge is 2.23. The summed E-state index contributed by atoms with van der Waals surface area (Å²) >= 11 is 0. The van der Waals surface area contributed by atoms with Gasteiger partial charge in [0.15, 0.2) is 5.76 Å². The first kappa shape index (κ1) is 20.8. The number of carbonyl (C=O) groups excluding carboxylic acids is 1. The van der Waals surface area contributed by atoms with Crippen molar-refractivity contribution in [3.63, 3.8) is 0 Å². The summed E-state index contributed by atoms with van der Waals surface area (Å²) in [5.74, 6) is 0.182. The molecule has 29 heavy (non-hydrogen) atoms. The summed E-state index contributed by atoms with van der Waals surface area (Å²) in [4.78, 5) is 12.7. The van der Waals surface area contributed by atoms with Crippen molar-refractivity contribution in [2.75, 3.05) is 7.05 Å². The first-order valence-corrected chi connectivity index (χ1v) is 10.7. The van der Waals surface area contributed by atoms with Gasteiger partial charge in [0.25, 0.3) is 5.91 Å². The zero-order chi connectivity index (χ0) is 21.0. The molecule has 0 aliphatic rings. The highest BCUT2D eigenvalue weighted by atomic mass is 32.2. The molecule has 0 saturated carbocycles. The molecule has 0 bridgehead atoms. The van der Waals surface area contributed by atoms with Gasteiger partial charge in [-0.3, -0.25) is 4.79 Å². The van der Waals surface area contributed by atoms with Crippen molar-refractivity contribution in [2.45, 2.75) is 31.3 Å². The summed E-state index contributed by atoms with van der Waals surface area (Å²) in [7, 11) is -2.17. The molecule has 0 saturated heterocycles. The van der Waals surface area contributed by atoms with Crippen LogP contribution in [0.5, 0.6) is 0 Å². The average Bonchev–Trinajstić information content (AvgIpc) is 3.17. The van der Waals surface area contributed by atoms with Crippen LogP contribution in [0.2, 0.25) is 0 Å². The predicted octanol–water partition coefficient (Wildman–Crippen LogP) is 3.90. The molecule has 3 aromatic rings. The Bertz CT molecular complexity index is 1070. The van der Waals surface area contributed by atoms with Crippen LogP contribution in [0.4, 0.5) is 0 Å². The molecule has 0 radical (unpaired) electrons. The molecule has 6 nitrogen and oxygen atoms in total.